The summed E-state index contributed by atoms with van der Waals surface area (Å²) in [5.74, 6) is 0.119. The van der Waals surface area contributed by atoms with E-state index in [9.17, 15) is 4.79 Å². The molecular weight excluding hydrogens is 320 g/mol. The summed E-state index contributed by atoms with van der Waals surface area (Å²) >= 11 is 6.12. The smallest absolute Gasteiger partial charge is 0.290 e. The van der Waals surface area contributed by atoms with Crippen LogP contribution in [0.2, 0.25) is 5.02 Å². The van der Waals surface area contributed by atoms with Gasteiger partial charge < -0.3 is 19.6 Å². The molecule has 1 fully saturated rings. The molecule has 7 heteroatoms. The minimum atomic E-state index is -0.250. The van der Waals surface area contributed by atoms with Crippen LogP contribution in [0.5, 0.6) is 0 Å². The minimum absolute atomic E-state index is 0.119. The number of hydrogen-bond donors (Lipinski definition) is 1. The summed E-state index contributed by atoms with van der Waals surface area (Å²) in [5.41, 5.74) is 0.884. The van der Waals surface area contributed by atoms with Crippen molar-refractivity contribution < 1.29 is 19.4 Å². The van der Waals surface area contributed by atoms with Crippen molar-refractivity contribution >= 4 is 24.0 Å². The van der Waals surface area contributed by atoms with Gasteiger partial charge in [-0.2, -0.15) is 0 Å². The Morgan fingerprint density at radius 3 is 2.74 bits per heavy atom. The Bertz CT molecular complexity index is 511. The van der Waals surface area contributed by atoms with Crippen molar-refractivity contribution in [3.05, 3.63) is 34.9 Å². The zero-order valence-electron chi connectivity index (χ0n) is 13.4. The maximum absolute atomic E-state index is 12.5. The molecule has 1 amide bonds. The molecule has 1 aliphatic heterocycles. The van der Waals surface area contributed by atoms with Crippen molar-refractivity contribution in [1.29, 1.82) is 0 Å². The minimum Gasteiger partial charge on any atom is -0.483 e. The summed E-state index contributed by atoms with van der Waals surface area (Å²) in [4.78, 5) is 24.9. The number of halogens is 1. The van der Waals surface area contributed by atoms with Gasteiger partial charge in [0.1, 0.15) is 0 Å². The molecule has 0 aliphatic carbocycles. The third-order valence-corrected chi connectivity index (χ3v) is 3.79. The Morgan fingerprint density at radius 2 is 2.13 bits per heavy atom. The molecule has 1 saturated heterocycles. The first-order valence-electron chi connectivity index (χ1n) is 7.32. The molecular formula is C16H23ClN2O4. The molecule has 6 nitrogen and oxygen atoms in total. The Labute approximate surface area is 141 Å². The van der Waals surface area contributed by atoms with Crippen LogP contribution in [0.25, 0.3) is 0 Å². The van der Waals surface area contributed by atoms with Gasteiger partial charge >= 0.3 is 0 Å². The van der Waals surface area contributed by atoms with E-state index >= 15 is 0 Å². The summed E-state index contributed by atoms with van der Waals surface area (Å²) in [6, 6.07) is 7.63. The van der Waals surface area contributed by atoms with Crippen molar-refractivity contribution in [2.45, 2.75) is 12.5 Å². The SMILES string of the molecule is CN(C)CC1COCCN1C(=O)Cc1ccccc1Cl.O=CO. The van der Waals surface area contributed by atoms with E-state index in [4.69, 9.17) is 26.2 Å². The number of carbonyl (C=O) groups is 2. The number of ether oxygens (including phenoxy) is 1. The van der Waals surface area contributed by atoms with Crippen LogP contribution in [0.3, 0.4) is 0 Å². The van der Waals surface area contributed by atoms with Crippen molar-refractivity contribution in [3.8, 4) is 0 Å². The molecule has 128 valence electrons. The lowest BCUT2D eigenvalue weighted by molar-refractivity contribution is -0.139. The molecule has 0 radical (unpaired) electrons. The molecule has 23 heavy (non-hydrogen) atoms. The largest absolute Gasteiger partial charge is 0.483 e. The van der Waals surface area contributed by atoms with E-state index in [1.807, 2.05) is 43.3 Å². The fraction of sp³-hybridized carbons (Fsp3) is 0.500. The van der Waals surface area contributed by atoms with Crippen LogP contribution in [-0.2, 0) is 20.7 Å². The van der Waals surface area contributed by atoms with Gasteiger partial charge in [-0.05, 0) is 25.7 Å². The van der Waals surface area contributed by atoms with Gasteiger partial charge in [0.05, 0.1) is 25.7 Å². The van der Waals surface area contributed by atoms with E-state index in [1.54, 1.807) is 0 Å². The fourth-order valence-corrected chi connectivity index (χ4v) is 2.66. The first kappa shape index (κ1) is 19.4. The van der Waals surface area contributed by atoms with E-state index in [1.165, 1.54) is 0 Å². The summed E-state index contributed by atoms with van der Waals surface area (Å²) in [5, 5.41) is 7.54. The molecule has 2 rings (SSSR count). The van der Waals surface area contributed by atoms with Crippen LogP contribution in [0, 0.1) is 0 Å². The average molecular weight is 343 g/mol. The van der Waals surface area contributed by atoms with Crippen molar-refractivity contribution in [2.75, 3.05) is 40.4 Å². The lowest BCUT2D eigenvalue weighted by Crippen LogP contribution is -2.53. The lowest BCUT2D eigenvalue weighted by Gasteiger charge is -2.37. The molecule has 1 N–H and O–H groups in total. The number of carboxylic acid groups (broad SMARTS) is 1. The predicted octanol–water partition coefficient (Wildman–Crippen LogP) is 1.37. The number of likely N-dealkylation sites (N-methyl/N-ethyl adjacent to an activating group) is 1. The third-order valence-electron chi connectivity index (χ3n) is 3.42. The van der Waals surface area contributed by atoms with Gasteiger partial charge in [0, 0.05) is 18.1 Å². The first-order chi connectivity index (χ1) is 11.0. The third kappa shape index (κ3) is 6.56. The first-order valence-corrected chi connectivity index (χ1v) is 7.70. The number of nitrogens with zero attached hydrogens (tertiary/aromatic N) is 2. The maximum atomic E-state index is 12.5. The van der Waals surface area contributed by atoms with Crippen molar-refractivity contribution in [2.24, 2.45) is 0 Å². The molecule has 1 heterocycles. The fourth-order valence-electron chi connectivity index (χ4n) is 2.46. The Kier molecular flexibility index (Phi) is 8.61. The number of morpholine rings is 1. The molecule has 1 unspecified atom stereocenters. The van der Waals surface area contributed by atoms with Crippen molar-refractivity contribution in [3.63, 3.8) is 0 Å². The van der Waals surface area contributed by atoms with Crippen molar-refractivity contribution in [1.82, 2.24) is 9.80 Å². The molecule has 1 aliphatic rings. The Balaban J connectivity index is 0.000000816. The quantitative estimate of drug-likeness (QED) is 0.837. The molecule has 0 bridgehead atoms. The van der Waals surface area contributed by atoms with Crippen LogP contribution in [0.1, 0.15) is 5.56 Å². The van der Waals surface area contributed by atoms with Gasteiger partial charge in [0.15, 0.2) is 0 Å². The highest BCUT2D eigenvalue weighted by Crippen LogP contribution is 2.18. The maximum Gasteiger partial charge on any atom is 0.290 e. The van der Waals surface area contributed by atoms with Gasteiger partial charge in [-0.1, -0.05) is 29.8 Å². The van der Waals surface area contributed by atoms with Gasteiger partial charge in [0.2, 0.25) is 5.91 Å². The summed E-state index contributed by atoms with van der Waals surface area (Å²) in [6.07, 6.45) is 0.351. The van der Waals surface area contributed by atoms with E-state index < -0.39 is 0 Å². The van der Waals surface area contributed by atoms with Gasteiger partial charge in [-0.25, -0.2) is 0 Å². The van der Waals surface area contributed by atoms with Gasteiger partial charge in [-0.3, -0.25) is 9.59 Å². The second-order valence-corrected chi connectivity index (χ2v) is 5.86. The number of rotatable bonds is 4. The number of benzene rings is 1. The van der Waals surface area contributed by atoms with Gasteiger partial charge in [0.25, 0.3) is 6.47 Å². The average Bonchev–Trinajstić information content (AvgIpc) is 2.50. The Morgan fingerprint density at radius 1 is 1.48 bits per heavy atom. The van der Waals surface area contributed by atoms with E-state index in [2.05, 4.69) is 4.90 Å². The topological polar surface area (TPSA) is 70.1 Å². The summed E-state index contributed by atoms with van der Waals surface area (Å²) in [6.45, 7) is 2.43. The van der Waals surface area contributed by atoms with Crippen LogP contribution in [0.4, 0.5) is 0 Å². The zero-order chi connectivity index (χ0) is 17.2. The lowest BCUT2D eigenvalue weighted by atomic mass is 10.1. The number of hydrogen-bond acceptors (Lipinski definition) is 4. The van der Waals surface area contributed by atoms with Gasteiger partial charge in [-0.15, -0.1) is 0 Å². The van der Waals surface area contributed by atoms with E-state index in [-0.39, 0.29) is 18.4 Å². The monoisotopic (exact) mass is 342 g/mol. The molecule has 1 aromatic carbocycles. The second kappa shape index (κ2) is 10.2. The summed E-state index contributed by atoms with van der Waals surface area (Å²) < 4.78 is 5.49. The Hall–Kier alpha value is -1.63. The molecule has 0 aromatic heterocycles. The van der Waals surface area contributed by atoms with Crippen LogP contribution < -0.4 is 0 Å². The van der Waals surface area contributed by atoms with Crippen LogP contribution in [0.15, 0.2) is 24.3 Å². The normalized spacial score (nSPS) is 17.4. The zero-order valence-corrected chi connectivity index (χ0v) is 14.2. The standard InChI is InChI=1S/C15H21ClN2O2.CH2O2/c1-17(2)10-13-11-20-8-7-18(13)15(19)9-12-5-3-4-6-14(12)16;2-1-3/h3-6,13H,7-11H2,1-2H3;1H,(H,2,3). The summed E-state index contributed by atoms with van der Waals surface area (Å²) in [7, 11) is 4.01. The molecule has 0 saturated carbocycles. The highest BCUT2D eigenvalue weighted by Gasteiger charge is 2.27. The number of carbonyl (C=O) groups excluding carboxylic acids is 1. The molecule has 1 aromatic rings. The van der Waals surface area contributed by atoms with E-state index in [0.717, 1.165) is 12.1 Å². The highest BCUT2D eigenvalue weighted by atomic mass is 35.5. The highest BCUT2D eigenvalue weighted by molar-refractivity contribution is 6.31. The second-order valence-electron chi connectivity index (χ2n) is 5.45. The molecule has 1 atom stereocenters. The van der Waals surface area contributed by atoms with Crippen LogP contribution >= 0.6 is 11.6 Å². The number of amides is 1. The molecule has 0 spiro atoms. The van der Waals surface area contributed by atoms with Crippen LogP contribution in [-0.4, -0.2) is 73.7 Å². The van der Waals surface area contributed by atoms with E-state index in [0.29, 0.717) is 31.2 Å². The predicted molar refractivity (Wildman–Crippen MR) is 88.7 cm³/mol.